The summed E-state index contributed by atoms with van der Waals surface area (Å²) < 4.78 is 18.5. The van der Waals surface area contributed by atoms with E-state index in [4.69, 9.17) is 14.2 Å². The maximum absolute atomic E-state index is 13.2. The van der Waals surface area contributed by atoms with Gasteiger partial charge < -0.3 is 24.4 Å². The van der Waals surface area contributed by atoms with Crippen LogP contribution in [0.5, 0.6) is 0 Å². The van der Waals surface area contributed by atoms with Gasteiger partial charge in [0.05, 0.1) is 12.0 Å². The van der Waals surface area contributed by atoms with E-state index in [2.05, 4.69) is 20.4 Å². The number of aryl methyl sites for hydroxylation is 1. The maximum Gasteiger partial charge on any atom is 0.331 e. The third-order valence-corrected chi connectivity index (χ3v) is 11.0. The van der Waals surface area contributed by atoms with Crippen LogP contribution in [0.15, 0.2) is 42.5 Å². The molecule has 1 aromatic carbocycles. The van der Waals surface area contributed by atoms with E-state index < -0.39 is 40.9 Å². The zero-order valence-electron chi connectivity index (χ0n) is 23.3. The molecule has 0 radical (unpaired) electrons. The van der Waals surface area contributed by atoms with Crippen molar-refractivity contribution in [3.05, 3.63) is 53.6 Å². The fourth-order valence-corrected chi connectivity index (χ4v) is 9.61. The van der Waals surface area contributed by atoms with Crippen LogP contribution >= 0.6 is 0 Å². The van der Waals surface area contributed by atoms with Gasteiger partial charge in [0.25, 0.3) is 0 Å². The van der Waals surface area contributed by atoms with Crippen molar-refractivity contribution < 1.29 is 34.0 Å². The molecule has 4 unspecified atom stereocenters. The van der Waals surface area contributed by atoms with E-state index in [0.29, 0.717) is 12.8 Å². The molecule has 9 atom stereocenters. The smallest absolute Gasteiger partial charge is 0.331 e. The Morgan fingerprint density at radius 3 is 2.54 bits per heavy atom. The summed E-state index contributed by atoms with van der Waals surface area (Å²) in [5.41, 5.74) is 0.809. The van der Waals surface area contributed by atoms with Crippen LogP contribution in [0, 0.1) is 40.9 Å². The minimum absolute atomic E-state index is 0.143. The Labute approximate surface area is 230 Å². The Balaban J connectivity index is 1.42. The van der Waals surface area contributed by atoms with Gasteiger partial charge in [-0.25, -0.2) is 4.79 Å². The third kappa shape index (κ3) is 3.52. The molecule has 7 heteroatoms. The SMILES string of the molecule is C=C1CC23C(CC[C@@H]1[C@H]2OC(=O)/C=C/c1ccc(C)cc1)C12CO[C@@]3(O)[C@@H](O)[C@@H]1C(C)(C)CCC2OC(C)=O. The summed E-state index contributed by atoms with van der Waals surface area (Å²) in [6.45, 7) is 12.2. The average molecular weight is 537 g/mol. The first-order valence-corrected chi connectivity index (χ1v) is 14.2. The number of carbonyl (C=O) groups excluding carboxylic acids is 2. The van der Waals surface area contributed by atoms with Crippen LogP contribution in [-0.4, -0.2) is 52.9 Å². The van der Waals surface area contributed by atoms with Gasteiger partial charge in [0, 0.05) is 30.3 Å². The minimum Gasteiger partial charge on any atom is -0.462 e. The number of benzene rings is 1. The fourth-order valence-electron chi connectivity index (χ4n) is 9.61. The first-order valence-electron chi connectivity index (χ1n) is 14.2. The Morgan fingerprint density at radius 1 is 1.13 bits per heavy atom. The van der Waals surface area contributed by atoms with Crippen molar-refractivity contribution in [2.75, 3.05) is 6.61 Å². The summed E-state index contributed by atoms with van der Waals surface area (Å²) >= 11 is 0. The Hall–Kier alpha value is -2.48. The third-order valence-electron chi connectivity index (χ3n) is 11.0. The minimum atomic E-state index is -1.91. The molecule has 0 aromatic heterocycles. The molecule has 1 aromatic rings. The van der Waals surface area contributed by atoms with E-state index in [1.54, 1.807) is 6.08 Å². The van der Waals surface area contributed by atoms with Crippen molar-refractivity contribution >= 4 is 18.0 Å². The van der Waals surface area contributed by atoms with Gasteiger partial charge in [0.15, 0.2) is 0 Å². The molecule has 2 N–H and O–H groups in total. The molecule has 4 bridgehead atoms. The van der Waals surface area contributed by atoms with E-state index in [1.807, 2.05) is 31.2 Å². The lowest BCUT2D eigenvalue weighted by atomic mass is 9.35. The number of aliphatic hydroxyl groups is 2. The molecule has 4 aliphatic carbocycles. The molecule has 0 amide bonds. The standard InChI is InChI=1S/C32H40O7/c1-18-6-8-21(9-7-18)10-13-25(34)39-28-22-11-12-23-30-17-37-32(36,31(23,28)16-19(22)2)27(35)26(30)29(4,5)15-14-24(30)38-20(3)33/h6-10,13,22-24,26-28,35-36H,2,11-12,14-17H2,1,3-5H3/b13-10+/t22-,23?,24?,26+,27-,28+,30?,31?,32-/m0/s1. The van der Waals surface area contributed by atoms with Gasteiger partial charge in [-0.1, -0.05) is 55.8 Å². The fraction of sp³-hybridized carbons (Fsp3) is 0.625. The van der Waals surface area contributed by atoms with E-state index in [0.717, 1.165) is 36.0 Å². The van der Waals surface area contributed by atoms with Crippen molar-refractivity contribution in [3.8, 4) is 0 Å². The first kappa shape index (κ1) is 26.7. The monoisotopic (exact) mass is 536 g/mol. The number of ether oxygens (including phenoxy) is 3. The molecular weight excluding hydrogens is 496 g/mol. The molecule has 2 heterocycles. The van der Waals surface area contributed by atoms with Crippen LogP contribution in [0.1, 0.15) is 64.0 Å². The molecule has 2 aliphatic heterocycles. The summed E-state index contributed by atoms with van der Waals surface area (Å²) in [7, 11) is 0. The summed E-state index contributed by atoms with van der Waals surface area (Å²) in [4.78, 5) is 25.5. The highest BCUT2D eigenvalue weighted by atomic mass is 16.7. The second-order valence-corrected chi connectivity index (χ2v) is 13.4. The second-order valence-electron chi connectivity index (χ2n) is 13.4. The molecule has 210 valence electrons. The topological polar surface area (TPSA) is 102 Å². The van der Waals surface area contributed by atoms with Crippen LogP contribution in [0.2, 0.25) is 0 Å². The van der Waals surface area contributed by atoms with Crippen molar-refractivity contribution in [2.45, 2.75) is 83.9 Å². The second kappa shape index (κ2) is 8.76. The highest BCUT2D eigenvalue weighted by Crippen LogP contribution is 2.78. The van der Waals surface area contributed by atoms with E-state index in [-0.39, 0.29) is 35.7 Å². The molecule has 2 spiro atoms. The number of carbonyl (C=O) groups is 2. The van der Waals surface area contributed by atoms with Crippen LogP contribution in [-0.2, 0) is 23.8 Å². The van der Waals surface area contributed by atoms with E-state index >= 15 is 0 Å². The highest BCUT2D eigenvalue weighted by molar-refractivity contribution is 5.87. The number of aliphatic hydroxyl groups excluding tert-OH is 1. The molecule has 4 saturated carbocycles. The van der Waals surface area contributed by atoms with E-state index in [9.17, 15) is 19.8 Å². The van der Waals surface area contributed by atoms with Crippen molar-refractivity contribution in [1.29, 1.82) is 0 Å². The van der Waals surface area contributed by atoms with Crippen LogP contribution < -0.4 is 0 Å². The molecule has 6 fully saturated rings. The Morgan fingerprint density at radius 2 is 1.85 bits per heavy atom. The van der Waals surface area contributed by atoms with Crippen molar-refractivity contribution in [2.24, 2.45) is 34.0 Å². The van der Waals surface area contributed by atoms with Gasteiger partial charge in [-0.15, -0.1) is 0 Å². The lowest BCUT2D eigenvalue weighted by Crippen LogP contribution is -2.84. The van der Waals surface area contributed by atoms with Gasteiger partial charge in [-0.05, 0) is 62.0 Å². The summed E-state index contributed by atoms with van der Waals surface area (Å²) in [6, 6.07) is 7.83. The summed E-state index contributed by atoms with van der Waals surface area (Å²) in [6.07, 6.45) is 4.03. The van der Waals surface area contributed by atoms with Gasteiger partial charge in [0.2, 0.25) is 5.79 Å². The Bertz CT molecular complexity index is 1230. The van der Waals surface area contributed by atoms with E-state index in [1.165, 1.54) is 13.0 Å². The van der Waals surface area contributed by atoms with Crippen LogP contribution in [0.25, 0.3) is 6.08 Å². The molecule has 7 rings (SSSR count). The predicted molar refractivity (Wildman–Crippen MR) is 144 cm³/mol. The van der Waals surface area contributed by atoms with Crippen molar-refractivity contribution in [3.63, 3.8) is 0 Å². The number of fused-ring (bicyclic) bond motifs is 2. The first-order chi connectivity index (χ1) is 18.4. The predicted octanol–water partition coefficient (Wildman–Crippen LogP) is 4.34. The normalized spacial score (nSPS) is 43.6. The van der Waals surface area contributed by atoms with Crippen LogP contribution in [0.3, 0.4) is 0 Å². The molecule has 6 aliphatic rings. The highest BCUT2D eigenvalue weighted by Gasteiger charge is 2.85. The number of hydrogen-bond acceptors (Lipinski definition) is 7. The Kier molecular flexibility index (Phi) is 6.00. The molecule has 7 nitrogen and oxygen atoms in total. The zero-order chi connectivity index (χ0) is 28.0. The summed E-state index contributed by atoms with van der Waals surface area (Å²) in [5.74, 6) is -3.46. The number of esters is 2. The van der Waals surface area contributed by atoms with Gasteiger partial charge >= 0.3 is 11.9 Å². The number of rotatable bonds is 4. The average Bonchev–Trinajstić information content (AvgIpc) is 3.02. The maximum atomic E-state index is 13.2. The molecule has 39 heavy (non-hydrogen) atoms. The van der Waals surface area contributed by atoms with Gasteiger partial charge in [-0.2, -0.15) is 0 Å². The van der Waals surface area contributed by atoms with Crippen molar-refractivity contribution in [1.82, 2.24) is 0 Å². The molecule has 2 saturated heterocycles. The lowest BCUT2D eigenvalue weighted by Gasteiger charge is -2.75. The zero-order valence-corrected chi connectivity index (χ0v) is 23.3. The largest absolute Gasteiger partial charge is 0.462 e. The lowest BCUT2D eigenvalue weighted by molar-refractivity contribution is -0.468. The van der Waals surface area contributed by atoms with Gasteiger partial charge in [0.1, 0.15) is 18.3 Å². The number of hydrogen-bond donors (Lipinski definition) is 2. The summed E-state index contributed by atoms with van der Waals surface area (Å²) in [5, 5.41) is 24.4. The van der Waals surface area contributed by atoms with Gasteiger partial charge in [-0.3, -0.25) is 4.79 Å². The van der Waals surface area contributed by atoms with Crippen LogP contribution in [0.4, 0.5) is 0 Å². The molecular formula is C32H40O7. The quantitative estimate of drug-likeness (QED) is 0.335.